The largest absolute Gasteiger partial charge is 0.393 e. The van der Waals surface area contributed by atoms with Crippen LogP contribution in [0.25, 0.3) is 0 Å². The molecule has 1 saturated carbocycles. The second-order valence-corrected chi connectivity index (χ2v) is 5.61. The molecule has 1 heterocycles. The van der Waals surface area contributed by atoms with E-state index in [9.17, 15) is 5.11 Å². The minimum atomic E-state index is -0.0825. The van der Waals surface area contributed by atoms with Gasteiger partial charge in [-0.1, -0.05) is 0 Å². The first kappa shape index (κ1) is 12.3. The van der Waals surface area contributed by atoms with E-state index in [0.717, 1.165) is 32.1 Å². The van der Waals surface area contributed by atoms with Gasteiger partial charge in [0, 0.05) is 12.1 Å². The van der Waals surface area contributed by atoms with E-state index < -0.39 is 0 Å². The van der Waals surface area contributed by atoms with Crippen LogP contribution in [-0.2, 0) is 4.74 Å². The van der Waals surface area contributed by atoms with Crippen LogP contribution in [0.4, 0.5) is 0 Å². The third kappa shape index (κ3) is 3.44. The van der Waals surface area contributed by atoms with Crippen LogP contribution < -0.4 is 5.32 Å². The number of hydrogen-bond donors (Lipinski definition) is 2. The molecule has 2 N–H and O–H groups in total. The smallest absolute Gasteiger partial charge is 0.0565 e. The lowest BCUT2D eigenvalue weighted by atomic mass is 9.91. The molecule has 3 nitrogen and oxygen atoms in total. The maximum Gasteiger partial charge on any atom is 0.0565 e. The maximum absolute atomic E-state index is 9.65. The molecule has 1 aliphatic carbocycles. The molecule has 0 amide bonds. The molecule has 16 heavy (non-hydrogen) atoms. The Balaban J connectivity index is 1.79. The standard InChI is InChI=1S/C13H25NO2/c1-9-6-12(7-10(2)16-9)14-11-4-3-5-13(15)8-11/h9-15H,3-8H2,1-2H3. The fourth-order valence-electron chi connectivity index (χ4n) is 3.19. The van der Waals surface area contributed by atoms with E-state index in [0.29, 0.717) is 24.3 Å². The summed E-state index contributed by atoms with van der Waals surface area (Å²) >= 11 is 0. The molecule has 3 heteroatoms. The summed E-state index contributed by atoms with van der Waals surface area (Å²) in [6.07, 6.45) is 7.17. The molecule has 2 rings (SSSR count). The Morgan fingerprint density at radius 2 is 1.69 bits per heavy atom. The summed E-state index contributed by atoms with van der Waals surface area (Å²) in [6.45, 7) is 4.31. The van der Waals surface area contributed by atoms with Crippen molar-refractivity contribution in [1.29, 1.82) is 0 Å². The molecule has 2 aliphatic rings. The summed E-state index contributed by atoms with van der Waals surface area (Å²) in [5.74, 6) is 0. The van der Waals surface area contributed by atoms with Crippen LogP contribution in [-0.4, -0.2) is 35.5 Å². The molecule has 0 aromatic rings. The van der Waals surface area contributed by atoms with Crippen molar-refractivity contribution < 1.29 is 9.84 Å². The number of rotatable bonds is 2. The van der Waals surface area contributed by atoms with Crippen molar-refractivity contribution in [3.8, 4) is 0 Å². The fourth-order valence-corrected chi connectivity index (χ4v) is 3.19. The highest BCUT2D eigenvalue weighted by atomic mass is 16.5. The third-order valence-corrected chi connectivity index (χ3v) is 3.82. The molecule has 4 unspecified atom stereocenters. The maximum atomic E-state index is 9.65. The van der Waals surface area contributed by atoms with Gasteiger partial charge in [0.1, 0.15) is 0 Å². The SMILES string of the molecule is CC1CC(NC2CCCC(O)C2)CC(C)O1. The van der Waals surface area contributed by atoms with Crippen LogP contribution in [0.3, 0.4) is 0 Å². The van der Waals surface area contributed by atoms with Crippen LogP contribution in [0.5, 0.6) is 0 Å². The molecule has 0 aromatic heterocycles. The van der Waals surface area contributed by atoms with E-state index in [1.165, 1.54) is 6.42 Å². The lowest BCUT2D eigenvalue weighted by Crippen LogP contribution is -2.47. The predicted octanol–water partition coefficient (Wildman–Crippen LogP) is 1.84. The van der Waals surface area contributed by atoms with Gasteiger partial charge in [0.05, 0.1) is 18.3 Å². The average molecular weight is 227 g/mol. The molecular formula is C13H25NO2. The highest BCUT2D eigenvalue weighted by Gasteiger charge is 2.28. The zero-order valence-corrected chi connectivity index (χ0v) is 10.5. The minimum Gasteiger partial charge on any atom is -0.393 e. The highest BCUT2D eigenvalue weighted by molar-refractivity contribution is 4.85. The summed E-state index contributed by atoms with van der Waals surface area (Å²) in [5, 5.41) is 13.4. The van der Waals surface area contributed by atoms with Gasteiger partial charge in [-0.3, -0.25) is 0 Å². The average Bonchev–Trinajstić information content (AvgIpc) is 2.15. The van der Waals surface area contributed by atoms with E-state index >= 15 is 0 Å². The minimum absolute atomic E-state index is 0.0825. The first-order valence-electron chi connectivity index (χ1n) is 6.73. The fraction of sp³-hybridized carbons (Fsp3) is 1.00. The summed E-state index contributed by atoms with van der Waals surface area (Å²) in [4.78, 5) is 0. The summed E-state index contributed by atoms with van der Waals surface area (Å²) in [5.41, 5.74) is 0. The molecule has 2 fully saturated rings. The van der Waals surface area contributed by atoms with Crippen molar-refractivity contribution in [3.63, 3.8) is 0 Å². The molecule has 4 atom stereocenters. The van der Waals surface area contributed by atoms with Crippen LogP contribution >= 0.6 is 0 Å². The van der Waals surface area contributed by atoms with E-state index in [2.05, 4.69) is 19.2 Å². The van der Waals surface area contributed by atoms with Crippen molar-refractivity contribution in [2.75, 3.05) is 0 Å². The number of aliphatic hydroxyl groups excluding tert-OH is 1. The zero-order valence-electron chi connectivity index (χ0n) is 10.5. The van der Waals surface area contributed by atoms with Crippen LogP contribution in [0.2, 0.25) is 0 Å². The monoisotopic (exact) mass is 227 g/mol. The van der Waals surface area contributed by atoms with E-state index in [4.69, 9.17) is 4.74 Å². The second-order valence-electron chi connectivity index (χ2n) is 5.61. The lowest BCUT2D eigenvalue weighted by Gasteiger charge is -2.36. The molecule has 0 radical (unpaired) electrons. The Morgan fingerprint density at radius 1 is 1.00 bits per heavy atom. The number of aliphatic hydroxyl groups is 1. The topological polar surface area (TPSA) is 41.5 Å². The quantitative estimate of drug-likeness (QED) is 0.756. The zero-order chi connectivity index (χ0) is 11.5. The van der Waals surface area contributed by atoms with Gasteiger partial charge >= 0.3 is 0 Å². The van der Waals surface area contributed by atoms with E-state index in [1.807, 2.05) is 0 Å². The van der Waals surface area contributed by atoms with E-state index in [-0.39, 0.29) is 6.10 Å². The van der Waals surface area contributed by atoms with E-state index in [1.54, 1.807) is 0 Å². The van der Waals surface area contributed by atoms with Crippen molar-refractivity contribution in [3.05, 3.63) is 0 Å². The van der Waals surface area contributed by atoms with Gasteiger partial charge in [-0.2, -0.15) is 0 Å². The molecule has 0 bridgehead atoms. The van der Waals surface area contributed by atoms with Crippen LogP contribution in [0, 0.1) is 0 Å². The second kappa shape index (κ2) is 5.48. The molecule has 94 valence electrons. The first-order valence-corrected chi connectivity index (χ1v) is 6.73. The predicted molar refractivity (Wildman–Crippen MR) is 64.4 cm³/mol. The third-order valence-electron chi connectivity index (χ3n) is 3.82. The van der Waals surface area contributed by atoms with Crippen molar-refractivity contribution in [1.82, 2.24) is 5.32 Å². The van der Waals surface area contributed by atoms with Gasteiger partial charge < -0.3 is 15.2 Å². The number of ether oxygens (including phenoxy) is 1. The Bertz CT molecular complexity index is 212. The first-order chi connectivity index (χ1) is 7.63. The summed E-state index contributed by atoms with van der Waals surface area (Å²) in [7, 11) is 0. The van der Waals surface area contributed by atoms with Gasteiger partial charge in [-0.05, 0) is 52.4 Å². The number of hydrogen-bond acceptors (Lipinski definition) is 3. The number of nitrogens with one attached hydrogen (secondary N) is 1. The Labute approximate surface area is 98.6 Å². The molecular weight excluding hydrogens is 202 g/mol. The Hall–Kier alpha value is -0.120. The molecule has 0 spiro atoms. The summed E-state index contributed by atoms with van der Waals surface area (Å²) < 4.78 is 5.74. The van der Waals surface area contributed by atoms with Crippen molar-refractivity contribution in [2.45, 2.75) is 82.8 Å². The van der Waals surface area contributed by atoms with Crippen LogP contribution in [0.15, 0.2) is 0 Å². The van der Waals surface area contributed by atoms with Gasteiger partial charge in [-0.15, -0.1) is 0 Å². The highest BCUT2D eigenvalue weighted by Crippen LogP contribution is 2.23. The molecule has 1 saturated heterocycles. The molecule has 1 aliphatic heterocycles. The molecule has 0 aromatic carbocycles. The van der Waals surface area contributed by atoms with Gasteiger partial charge in [0.2, 0.25) is 0 Å². The lowest BCUT2D eigenvalue weighted by molar-refractivity contribution is -0.0451. The Kier molecular flexibility index (Phi) is 4.22. The normalized spacial score (nSPS) is 45.6. The van der Waals surface area contributed by atoms with Crippen molar-refractivity contribution in [2.24, 2.45) is 0 Å². The van der Waals surface area contributed by atoms with Crippen LogP contribution in [0.1, 0.15) is 52.4 Å². The van der Waals surface area contributed by atoms with Gasteiger partial charge in [0.25, 0.3) is 0 Å². The summed E-state index contributed by atoms with van der Waals surface area (Å²) in [6, 6.07) is 1.10. The Morgan fingerprint density at radius 3 is 2.31 bits per heavy atom. The van der Waals surface area contributed by atoms with Gasteiger partial charge in [-0.25, -0.2) is 0 Å². The van der Waals surface area contributed by atoms with Crippen molar-refractivity contribution >= 4 is 0 Å². The van der Waals surface area contributed by atoms with Gasteiger partial charge in [0.15, 0.2) is 0 Å².